The smallest absolute Gasteiger partial charge is 0.196 e. The fourth-order valence-electron chi connectivity index (χ4n) is 1.31. The maximum Gasteiger partial charge on any atom is 0.196 e. The number of nitrogens with one attached hydrogen (secondary N) is 2. The summed E-state index contributed by atoms with van der Waals surface area (Å²) in [5, 5.41) is 0. The summed E-state index contributed by atoms with van der Waals surface area (Å²) in [5.74, 6) is 0. The highest BCUT2D eigenvalue weighted by Gasteiger charge is 2.28. The topological polar surface area (TPSA) is 41.1 Å². The Kier molecular flexibility index (Phi) is 4.16. The Morgan fingerprint density at radius 3 is 1.23 bits per heavy atom. The maximum atomic E-state index is 12.1. The molecule has 0 aromatic carbocycles. The summed E-state index contributed by atoms with van der Waals surface area (Å²) in [4.78, 5) is 0. The van der Waals surface area contributed by atoms with Crippen LogP contribution in [0.5, 0.6) is 0 Å². The second-order valence-electron chi connectivity index (χ2n) is 5.65. The van der Waals surface area contributed by atoms with Gasteiger partial charge >= 0.3 is 0 Å². The lowest BCUT2D eigenvalue weighted by Crippen LogP contribution is -2.47. The van der Waals surface area contributed by atoms with Crippen LogP contribution in [0.25, 0.3) is 0 Å². The normalized spacial score (nSPS) is 14.7. The predicted octanol–water partition coefficient (Wildman–Crippen LogP) is 2.66. The van der Waals surface area contributed by atoms with Crippen molar-refractivity contribution in [1.29, 1.82) is 0 Å². The van der Waals surface area contributed by atoms with E-state index >= 15 is 0 Å². The molecule has 0 aliphatic carbocycles. The van der Waals surface area contributed by atoms with Gasteiger partial charge in [0.25, 0.3) is 0 Å². The molecule has 0 aliphatic heterocycles. The first-order valence-electron chi connectivity index (χ1n) is 4.58. The Balaban J connectivity index is 4.35. The van der Waals surface area contributed by atoms with Crippen molar-refractivity contribution in [2.75, 3.05) is 6.66 Å². The number of hydrogen-bond donors (Lipinski definition) is 2. The molecular weight excluding hydrogens is 215 g/mol. The first kappa shape index (κ1) is 13.6. The van der Waals surface area contributed by atoms with Gasteiger partial charge in [-0.25, -0.2) is 0 Å². The van der Waals surface area contributed by atoms with E-state index in [4.69, 9.17) is 0 Å². The molecule has 0 atom stereocenters. The summed E-state index contributed by atoms with van der Waals surface area (Å²) in [6, 6.07) is 0. The standard InChI is InChI=1S/C7H23N2OPSi2/c1-11(10,8-12(2,3)4)9-13(5,6)7/h1-7H3,(H2,8,9,10). The van der Waals surface area contributed by atoms with Gasteiger partial charge in [-0.15, -0.1) is 0 Å². The van der Waals surface area contributed by atoms with E-state index in [1.165, 1.54) is 0 Å². The zero-order valence-corrected chi connectivity index (χ0v) is 12.7. The van der Waals surface area contributed by atoms with Crippen LogP contribution in [0.2, 0.25) is 39.3 Å². The fourth-order valence-corrected chi connectivity index (χ4v) is 12.3. The summed E-state index contributed by atoms with van der Waals surface area (Å²) < 4.78 is 18.6. The van der Waals surface area contributed by atoms with Crippen LogP contribution < -0.4 is 9.51 Å². The summed E-state index contributed by atoms with van der Waals surface area (Å²) >= 11 is 0. The Morgan fingerprint density at radius 1 is 0.846 bits per heavy atom. The zero-order valence-electron chi connectivity index (χ0n) is 9.86. The predicted molar refractivity (Wildman–Crippen MR) is 66.5 cm³/mol. The Hall–Kier alpha value is 0.584. The van der Waals surface area contributed by atoms with E-state index in [1.807, 2.05) is 0 Å². The third kappa shape index (κ3) is 8.90. The van der Waals surface area contributed by atoms with Gasteiger partial charge in [0.2, 0.25) is 0 Å². The molecule has 0 spiro atoms. The summed E-state index contributed by atoms with van der Waals surface area (Å²) in [6.07, 6.45) is 0. The zero-order chi connectivity index (χ0) is 10.9. The quantitative estimate of drug-likeness (QED) is 0.584. The Morgan fingerprint density at radius 2 is 1.08 bits per heavy atom. The van der Waals surface area contributed by atoms with Crippen molar-refractivity contribution >= 4 is 23.9 Å². The lowest BCUT2D eigenvalue weighted by atomic mass is 11.8. The van der Waals surface area contributed by atoms with Crippen molar-refractivity contribution in [3.63, 3.8) is 0 Å². The van der Waals surface area contributed by atoms with Crippen LogP contribution in [-0.4, -0.2) is 23.1 Å². The minimum absolute atomic E-state index is 1.45. The third-order valence-electron chi connectivity index (χ3n) is 1.10. The molecule has 0 aromatic heterocycles. The van der Waals surface area contributed by atoms with E-state index in [0.717, 1.165) is 0 Å². The number of rotatable bonds is 4. The average Bonchev–Trinajstić information content (AvgIpc) is 1.43. The molecule has 0 bridgehead atoms. The van der Waals surface area contributed by atoms with Crippen molar-refractivity contribution < 1.29 is 4.57 Å². The summed E-state index contributed by atoms with van der Waals surface area (Å²) in [6.45, 7) is 14.8. The van der Waals surface area contributed by atoms with Crippen molar-refractivity contribution in [2.24, 2.45) is 0 Å². The van der Waals surface area contributed by atoms with E-state index in [0.29, 0.717) is 0 Å². The molecule has 0 rings (SSSR count). The van der Waals surface area contributed by atoms with Crippen molar-refractivity contribution in [3.8, 4) is 0 Å². The van der Waals surface area contributed by atoms with E-state index in [9.17, 15) is 4.57 Å². The molecular formula is C7H23N2OPSi2. The second kappa shape index (κ2) is 3.99. The Bertz CT molecular complexity index is 200. The van der Waals surface area contributed by atoms with Crippen molar-refractivity contribution in [2.45, 2.75) is 39.3 Å². The van der Waals surface area contributed by atoms with Crippen LogP contribution in [0.4, 0.5) is 0 Å². The van der Waals surface area contributed by atoms with Gasteiger partial charge in [0.15, 0.2) is 7.44 Å². The molecule has 80 valence electrons. The molecule has 0 unspecified atom stereocenters. The highest BCUT2D eigenvalue weighted by Crippen LogP contribution is 2.34. The first-order chi connectivity index (χ1) is 5.41. The first-order valence-corrected chi connectivity index (χ1v) is 13.7. The Labute approximate surface area is 84.4 Å². The minimum Gasteiger partial charge on any atom is -0.291 e. The molecule has 6 heteroatoms. The maximum absolute atomic E-state index is 12.1. The summed E-state index contributed by atoms with van der Waals surface area (Å²) in [7, 11) is -5.20. The van der Waals surface area contributed by atoms with Gasteiger partial charge in [0.1, 0.15) is 16.5 Å². The van der Waals surface area contributed by atoms with Gasteiger partial charge in [-0.05, 0) is 0 Å². The average molecular weight is 238 g/mol. The van der Waals surface area contributed by atoms with Crippen LogP contribution >= 0.6 is 7.44 Å². The third-order valence-corrected chi connectivity index (χ3v) is 9.88. The molecule has 0 saturated carbocycles. The van der Waals surface area contributed by atoms with Crippen molar-refractivity contribution in [1.82, 2.24) is 9.51 Å². The fraction of sp³-hybridized carbons (Fsp3) is 1.00. The molecule has 2 N–H and O–H groups in total. The molecule has 0 fully saturated rings. The summed E-state index contributed by atoms with van der Waals surface area (Å²) in [5.41, 5.74) is 0. The van der Waals surface area contributed by atoms with Gasteiger partial charge in [0.05, 0.1) is 0 Å². The molecule has 0 heterocycles. The van der Waals surface area contributed by atoms with Crippen LogP contribution in [-0.2, 0) is 4.57 Å². The highest BCUT2D eigenvalue weighted by molar-refractivity contribution is 7.63. The lowest BCUT2D eigenvalue weighted by molar-refractivity contribution is 0.573. The SMILES string of the molecule is C[Si](C)(C)NP(C)(=O)N[Si](C)(C)C. The molecule has 13 heavy (non-hydrogen) atoms. The monoisotopic (exact) mass is 238 g/mol. The molecule has 3 nitrogen and oxygen atoms in total. The van der Waals surface area contributed by atoms with Gasteiger partial charge in [-0.2, -0.15) is 0 Å². The largest absolute Gasteiger partial charge is 0.291 e. The van der Waals surface area contributed by atoms with Crippen LogP contribution in [0.3, 0.4) is 0 Å². The number of hydrogen-bond acceptors (Lipinski definition) is 1. The molecule has 0 amide bonds. The molecule has 0 saturated heterocycles. The highest BCUT2D eigenvalue weighted by atomic mass is 31.2. The second-order valence-corrected chi connectivity index (χ2v) is 18.3. The van der Waals surface area contributed by atoms with Crippen LogP contribution in [0, 0.1) is 0 Å². The van der Waals surface area contributed by atoms with Gasteiger partial charge in [-0.1, -0.05) is 39.3 Å². The van der Waals surface area contributed by atoms with E-state index < -0.39 is 23.9 Å². The van der Waals surface area contributed by atoms with E-state index in [-0.39, 0.29) is 0 Å². The van der Waals surface area contributed by atoms with Crippen LogP contribution in [0.1, 0.15) is 0 Å². The van der Waals surface area contributed by atoms with Gasteiger partial charge in [-0.3, -0.25) is 14.1 Å². The van der Waals surface area contributed by atoms with Crippen molar-refractivity contribution in [3.05, 3.63) is 0 Å². The van der Waals surface area contributed by atoms with Crippen LogP contribution in [0.15, 0.2) is 0 Å². The van der Waals surface area contributed by atoms with E-state index in [1.54, 1.807) is 6.66 Å². The molecule has 0 aliphatic rings. The lowest BCUT2D eigenvalue weighted by Gasteiger charge is -2.30. The molecule has 0 radical (unpaired) electrons. The van der Waals surface area contributed by atoms with E-state index in [2.05, 4.69) is 48.8 Å². The minimum atomic E-state index is -2.31. The van der Waals surface area contributed by atoms with Gasteiger partial charge < -0.3 is 0 Å². The van der Waals surface area contributed by atoms with Gasteiger partial charge in [0, 0.05) is 6.66 Å². The molecule has 0 aromatic rings.